The standard InChI is InChI=1S/C21H26ClN3/c1-23-20-14-13-17(22)15-19(20)21(16-9-5-3-6-10-16)24-25(2)18-11-7-4-8-12-18/h4,7-8,11-16,23H,3,5-6,9-10H2,1-2H3/b24-21+. The molecule has 132 valence electrons. The Morgan fingerprint density at radius 1 is 1.08 bits per heavy atom. The van der Waals surface area contributed by atoms with Crippen molar-refractivity contribution in [1.29, 1.82) is 0 Å². The molecular formula is C21H26ClN3. The van der Waals surface area contributed by atoms with Crippen molar-refractivity contribution < 1.29 is 0 Å². The molecular weight excluding hydrogens is 330 g/mol. The molecule has 3 nitrogen and oxygen atoms in total. The first-order valence-electron chi connectivity index (χ1n) is 9.04. The van der Waals surface area contributed by atoms with E-state index in [0.717, 1.165) is 27.7 Å². The molecule has 0 heterocycles. The van der Waals surface area contributed by atoms with E-state index in [-0.39, 0.29) is 0 Å². The van der Waals surface area contributed by atoms with Crippen molar-refractivity contribution in [3.8, 4) is 0 Å². The van der Waals surface area contributed by atoms with Gasteiger partial charge in [-0.2, -0.15) is 5.10 Å². The van der Waals surface area contributed by atoms with E-state index in [2.05, 4.69) is 17.4 Å². The number of hydrazone groups is 1. The molecule has 0 aliphatic heterocycles. The maximum Gasteiger partial charge on any atom is 0.0733 e. The van der Waals surface area contributed by atoms with Crippen LogP contribution >= 0.6 is 11.6 Å². The molecule has 0 radical (unpaired) electrons. The van der Waals surface area contributed by atoms with Crippen LogP contribution in [0, 0.1) is 5.92 Å². The van der Waals surface area contributed by atoms with Crippen LogP contribution in [0.15, 0.2) is 53.6 Å². The Morgan fingerprint density at radius 3 is 2.48 bits per heavy atom. The van der Waals surface area contributed by atoms with Crippen molar-refractivity contribution >= 4 is 28.7 Å². The summed E-state index contributed by atoms with van der Waals surface area (Å²) < 4.78 is 0. The van der Waals surface area contributed by atoms with E-state index in [1.54, 1.807) is 0 Å². The quantitative estimate of drug-likeness (QED) is 0.542. The van der Waals surface area contributed by atoms with Crippen LogP contribution in [0.4, 0.5) is 11.4 Å². The maximum atomic E-state index is 6.31. The molecule has 0 unspecified atom stereocenters. The summed E-state index contributed by atoms with van der Waals surface area (Å²) in [5.41, 5.74) is 4.42. The molecule has 0 saturated heterocycles. The molecule has 3 rings (SSSR count). The summed E-state index contributed by atoms with van der Waals surface area (Å²) in [5.74, 6) is 0.477. The summed E-state index contributed by atoms with van der Waals surface area (Å²) in [6, 6.07) is 16.3. The van der Waals surface area contributed by atoms with Crippen LogP contribution in [0.25, 0.3) is 0 Å². The molecule has 1 fully saturated rings. The maximum absolute atomic E-state index is 6.31. The lowest BCUT2D eigenvalue weighted by Gasteiger charge is -2.27. The average Bonchev–Trinajstić information content (AvgIpc) is 2.67. The van der Waals surface area contributed by atoms with Gasteiger partial charge in [0.2, 0.25) is 0 Å². The van der Waals surface area contributed by atoms with Gasteiger partial charge in [0.25, 0.3) is 0 Å². The van der Waals surface area contributed by atoms with Gasteiger partial charge in [0.15, 0.2) is 0 Å². The van der Waals surface area contributed by atoms with Crippen LogP contribution in [-0.2, 0) is 0 Å². The summed E-state index contributed by atoms with van der Waals surface area (Å²) in [5, 5.41) is 11.1. The minimum atomic E-state index is 0.477. The highest BCUT2D eigenvalue weighted by molar-refractivity contribution is 6.31. The number of anilines is 2. The highest BCUT2D eigenvalue weighted by atomic mass is 35.5. The van der Waals surface area contributed by atoms with E-state index >= 15 is 0 Å². The van der Waals surface area contributed by atoms with Crippen LogP contribution < -0.4 is 10.3 Å². The first-order chi connectivity index (χ1) is 12.2. The van der Waals surface area contributed by atoms with E-state index in [9.17, 15) is 0 Å². The smallest absolute Gasteiger partial charge is 0.0733 e. The Labute approximate surface area is 155 Å². The van der Waals surface area contributed by atoms with Crippen molar-refractivity contribution in [1.82, 2.24) is 0 Å². The van der Waals surface area contributed by atoms with Gasteiger partial charge in [-0.1, -0.05) is 49.1 Å². The van der Waals surface area contributed by atoms with Crippen molar-refractivity contribution in [3.63, 3.8) is 0 Å². The summed E-state index contributed by atoms with van der Waals surface area (Å²) in [4.78, 5) is 0. The van der Waals surface area contributed by atoms with Crippen LogP contribution in [0.5, 0.6) is 0 Å². The lowest BCUT2D eigenvalue weighted by molar-refractivity contribution is 0.439. The molecule has 1 N–H and O–H groups in total. The molecule has 0 amide bonds. The molecule has 4 heteroatoms. The Kier molecular flexibility index (Phi) is 5.98. The fourth-order valence-electron chi connectivity index (χ4n) is 3.54. The lowest BCUT2D eigenvalue weighted by Crippen LogP contribution is -2.24. The average molecular weight is 356 g/mol. The normalized spacial score (nSPS) is 15.9. The Morgan fingerprint density at radius 2 is 1.80 bits per heavy atom. The van der Waals surface area contributed by atoms with Gasteiger partial charge in [-0.05, 0) is 43.2 Å². The summed E-state index contributed by atoms with van der Waals surface area (Å²) >= 11 is 6.31. The second-order valence-electron chi connectivity index (χ2n) is 6.62. The monoisotopic (exact) mass is 355 g/mol. The minimum absolute atomic E-state index is 0.477. The third-order valence-electron chi connectivity index (χ3n) is 4.91. The molecule has 0 bridgehead atoms. The second-order valence-corrected chi connectivity index (χ2v) is 7.06. The van der Waals surface area contributed by atoms with Crippen LogP contribution in [0.1, 0.15) is 37.7 Å². The van der Waals surface area contributed by atoms with E-state index in [1.165, 1.54) is 32.1 Å². The third kappa shape index (κ3) is 4.35. The van der Waals surface area contributed by atoms with Crippen molar-refractivity contribution in [3.05, 3.63) is 59.1 Å². The molecule has 0 spiro atoms. The van der Waals surface area contributed by atoms with Gasteiger partial charge in [-0.25, -0.2) is 0 Å². The first-order valence-corrected chi connectivity index (χ1v) is 9.42. The molecule has 0 atom stereocenters. The SMILES string of the molecule is CNc1ccc(Cl)cc1/C(=N/N(C)c1ccccc1)C1CCCCC1. The van der Waals surface area contributed by atoms with Crippen LogP contribution in [0.3, 0.4) is 0 Å². The van der Waals surface area contributed by atoms with Gasteiger partial charge in [0.05, 0.1) is 11.4 Å². The lowest BCUT2D eigenvalue weighted by atomic mass is 9.83. The Bertz CT molecular complexity index is 721. The van der Waals surface area contributed by atoms with Crippen LogP contribution in [-0.4, -0.2) is 19.8 Å². The van der Waals surface area contributed by atoms with Gasteiger partial charge >= 0.3 is 0 Å². The molecule has 2 aromatic carbocycles. The number of hydrogen-bond acceptors (Lipinski definition) is 3. The third-order valence-corrected chi connectivity index (χ3v) is 5.14. The van der Waals surface area contributed by atoms with E-state index in [4.69, 9.17) is 16.7 Å². The highest BCUT2D eigenvalue weighted by Gasteiger charge is 2.23. The minimum Gasteiger partial charge on any atom is -0.388 e. The number of nitrogens with zero attached hydrogens (tertiary/aromatic N) is 2. The number of benzene rings is 2. The largest absolute Gasteiger partial charge is 0.388 e. The van der Waals surface area contributed by atoms with Crippen molar-refractivity contribution in [2.24, 2.45) is 11.0 Å². The molecule has 25 heavy (non-hydrogen) atoms. The van der Waals surface area contributed by atoms with Gasteiger partial charge in [0.1, 0.15) is 0 Å². The summed E-state index contributed by atoms with van der Waals surface area (Å²) in [7, 11) is 3.97. The number of para-hydroxylation sites is 1. The van der Waals surface area contributed by atoms with Gasteiger partial charge in [0, 0.05) is 36.3 Å². The summed E-state index contributed by atoms with van der Waals surface area (Å²) in [6.45, 7) is 0. The Balaban J connectivity index is 2.03. The predicted molar refractivity (Wildman–Crippen MR) is 109 cm³/mol. The van der Waals surface area contributed by atoms with E-state index < -0.39 is 0 Å². The predicted octanol–water partition coefficient (Wildman–Crippen LogP) is 5.80. The zero-order valence-corrected chi connectivity index (χ0v) is 15.8. The fourth-order valence-corrected chi connectivity index (χ4v) is 3.71. The fraction of sp³-hybridized carbons (Fsp3) is 0.381. The molecule has 1 aliphatic carbocycles. The second kappa shape index (κ2) is 8.39. The number of rotatable bonds is 5. The number of hydrogen-bond donors (Lipinski definition) is 1. The van der Waals surface area contributed by atoms with E-state index in [1.807, 2.05) is 55.5 Å². The number of halogens is 1. The topological polar surface area (TPSA) is 27.6 Å². The van der Waals surface area contributed by atoms with Gasteiger partial charge < -0.3 is 5.32 Å². The zero-order chi connectivity index (χ0) is 17.6. The number of nitrogens with one attached hydrogen (secondary N) is 1. The van der Waals surface area contributed by atoms with Crippen molar-refractivity contribution in [2.45, 2.75) is 32.1 Å². The molecule has 1 saturated carbocycles. The molecule has 2 aromatic rings. The van der Waals surface area contributed by atoms with Crippen molar-refractivity contribution in [2.75, 3.05) is 24.4 Å². The Hall–Kier alpha value is -2.00. The van der Waals surface area contributed by atoms with E-state index in [0.29, 0.717) is 5.92 Å². The summed E-state index contributed by atoms with van der Waals surface area (Å²) in [6.07, 6.45) is 6.25. The van der Waals surface area contributed by atoms with Crippen LogP contribution in [0.2, 0.25) is 5.02 Å². The molecule has 1 aliphatic rings. The molecule has 0 aromatic heterocycles. The van der Waals surface area contributed by atoms with Gasteiger partial charge in [-0.3, -0.25) is 5.01 Å². The zero-order valence-electron chi connectivity index (χ0n) is 15.0. The highest BCUT2D eigenvalue weighted by Crippen LogP contribution is 2.32. The first kappa shape index (κ1) is 17.8. The van der Waals surface area contributed by atoms with Gasteiger partial charge in [-0.15, -0.1) is 0 Å².